The van der Waals surface area contributed by atoms with Crippen molar-refractivity contribution in [1.82, 2.24) is 24.8 Å². The van der Waals surface area contributed by atoms with Crippen LogP contribution in [0.25, 0.3) is 0 Å². The summed E-state index contributed by atoms with van der Waals surface area (Å²) in [5.41, 5.74) is -0.158. The van der Waals surface area contributed by atoms with Crippen LogP contribution in [0.5, 0.6) is 0 Å². The van der Waals surface area contributed by atoms with E-state index in [0.717, 1.165) is 11.6 Å². The van der Waals surface area contributed by atoms with E-state index in [1.807, 2.05) is 30.3 Å². The molecule has 1 aliphatic heterocycles. The smallest absolute Gasteiger partial charge is 0.416 e. The number of nitrogens with zero attached hydrogens (tertiary/aromatic N) is 4. The van der Waals surface area contributed by atoms with Crippen LogP contribution in [0.3, 0.4) is 0 Å². The highest BCUT2D eigenvalue weighted by Gasteiger charge is 2.52. The van der Waals surface area contributed by atoms with Crippen LogP contribution in [0.15, 0.2) is 79.3 Å². The molecule has 2 atom stereocenters. The number of H-pyrrole nitrogens is 1. The molecule has 2 N–H and O–H groups in total. The minimum Gasteiger partial charge on any atom is -0.445 e. The molecule has 5 rings (SSSR count). The van der Waals surface area contributed by atoms with Gasteiger partial charge in [-0.2, -0.15) is 13.2 Å². The number of nitrogens with one attached hydrogen (secondary N) is 2. The molecule has 0 radical (unpaired) electrons. The molecule has 8 nitrogen and oxygen atoms in total. The first-order valence-corrected chi connectivity index (χ1v) is 12.5. The Kier molecular flexibility index (Phi) is 7.23. The molecule has 0 aliphatic carbocycles. The van der Waals surface area contributed by atoms with Gasteiger partial charge in [0.1, 0.15) is 18.0 Å². The standard InChI is InChI=1S/C28H27F3N6O2/c1-32-25-35-12-10-23(36-25)27(24-33-13-14-34-24)17-21(20-8-5-9-22(16-20)28(29,30)31)11-15-37(27)26(38)39-18-19-6-3-2-4-7-19/h2-10,12-14,16,21H,11,15,17-18H2,1H3,(H,33,34)(H,32,35,36). The molecular weight excluding hydrogens is 509 g/mol. The SMILES string of the molecule is CNc1nccc(C2(c3ncc[nH]3)CC(c3cccc(C(F)(F)F)c3)CCN2C(=O)OCc2ccccc2)n1. The molecule has 3 heterocycles. The van der Waals surface area contributed by atoms with Gasteiger partial charge in [-0.15, -0.1) is 0 Å². The lowest BCUT2D eigenvalue weighted by molar-refractivity contribution is -0.137. The van der Waals surface area contributed by atoms with Crippen LogP contribution < -0.4 is 5.32 Å². The zero-order chi connectivity index (χ0) is 27.5. The number of piperidine rings is 1. The molecule has 0 bridgehead atoms. The number of alkyl halides is 3. The molecule has 0 spiro atoms. The maximum atomic E-state index is 13.7. The van der Waals surface area contributed by atoms with Crippen molar-refractivity contribution in [3.8, 4) is 0 Å². The fourth-order valence-electron chi connectivity index (χ4n) is 5.13. The first kappa shape index (κ1) is 26.2. The first-order chi connectivity index (χ1) is 18.8. The van der Waals surface area contributed by atoms with E-state index in [-0.39, 0.29) is 25.5 Å². The number of rotatable bonds is 6. The highest BCUT2D eigenvalue weighted by Crippen LogP contribution is 2.47. The Labute approximate surface area is 223 Å². The second-order valence-corrected chi connectivity index (χ2v) is 9.32. The molecule has 0 saturated carbocycles. The number of imidazole rings is 1. The van der Waals surface area contributed by atoms with Gasteiger partial charge in [-0.05, 0) is 42.0 Å². The number of ether oxygens (including phenoxy) is 1. The van der Waals surface area contributed by atoms with Crippen molar-refractivity contribution in [2.45, 2.75) is 37.1 Å². The summed E-state index contributed by atoms with van der Waals surface area (Å²) in [6, 6.07) is 16.3. The largest absolute Gasteiger partial charge is 0.445 e. The zero-order valence-electron chi connectivity index (χ0n) is 21.2. The van der Waals surface area contributed by atoms with E-state index < -0.39 is 23.4 Å². The maximum absolute atomic E-state index is 13.7. The number of hydrogen-bond donors (Lipinski definition) is 2. The van der Waals surface area contributed by atoms with Gasteiger partial charge in [-0.3, -0.25) is 4.90 Å². The second-order valence-electron chi connectivity index (χ2n) is 9.32. The van der Waals surface area contributed by atoms with Crippen molar-refractivity contribution in [3.63, 3.8) is 0 Å². The van der Waals surface area contributed by atoms with Crippen LogP contribution in [0, 0.1) is 0 Å². The Morgan fingerprint density at radius 2 is 1.95 bits per heavy atom. The molecule has 1 fully saturated rings. The minimum atomic E-state index is -4.47. The Morgan fingerprint density at radius 3 is 2.67 bits per heavy atom. The summed E-state index contributed by atoms with van der Waals surface area (Å²) in [7, 11) is 1.68. The average molecular weight is 537 g/mol. The van der Waals surface area contributed by atoms with E-state index >= 15 is 0 Å². The number of hydrogen-bond acceptors (Lipinski definition) is 6. The number of anilines is 1. The lowest BCUT2D eigenvalue weighted by atomic mass is 9.74. The van der Waals surface area contributed by atoms with Crippen molar-refractivity contribution in [2.24, 2.45) is 0 Å². The third-order valence-corrected chi connectivity index (χ3v) is 7.01. The lowest BCUT2D eigenvalue weighted by Gasteiger charge is -2.47. The summed E-state index contributed by atoms with van der Waals surface area (Å²) < 4.78 is 46.4. The molecule has 2 aromatic carbocycles. The van der Waals surface area contributed by atoms with Crippen LogP contribution >= 0.6 is 0 Å². The number of likely N-dealkylation sites (tertiary alicyclic amines) is 1. The summed E-state index contributed by atoms with van der Waals surface area (Å²) in [6.45, 7) is 0.265. The summed E-state index contributed by atoms with van der Waals surface area (Å²) in [6.07, 6.45) is 0.376. The van der Waals surface area contributed by atoms with Gasteiger partial charge in [-0.25, -0.2) is 19.7 Å². The van der Waals surface area contributed by atoms with Crippen LogP contribution in [-0.4, -0.2) is 44.5 Å². The van der Waals surface area contributed by atoms with Crippen LogP contribution in [0.1, 0.15) is 47.0 Å². The fraction of sp³-hybridized carbons (Fsp3) is 0.286. The minimum absolute atomic E-state index is 0.0625. The van der Waals surface area contributed by atoms with Gasteiger partial charge in [0.25, 0.3) is 0 Å². The molecule has 11 heteroatoms. The number of aromatic amines is 1. The van der Waals surface area contributed by atoms with Gasteiger partial charge in [0.05, 0.1) is 11.3 Å². The number of carbonyl (C=O) groups is 1. The van der Waals surface area contributed by atoms with E-state index in [4.69, 9.17) is 4.74 Å². The molecule has 4 aromatic rings. The molecule has 2 aromatic heterocycles. The summed E-state index contributed by atoms with van der Waals surface area (Å²) in [5.74, 6) is 0.428. The zero-order valence-corrected chi connectivity index (χ0v) is 21.2. The Bertz CT molecular complexity index is 1410. The normalized spacial score (nSPS) is 19.5. The maximum Gasteiger partial charge on any atom is 0.416 e. The Balaban J connectivity index is 1.59. The molecule has 1 aliphatic rings. The van der Waals surface area contributed by atoms with Crippen molar-refractivity contribution in [1.29, 1.82) is 0 Å². The van der Waals surface area contributed by atoms with E-state index in [2.05, 4.69) is 25.3 Å². The summed E-state index contributed by atoms with van der Waals surface area (Å²) in [5, 5.41) is 2.91. The fourth-order valence-corrected chi connectivity index (χ4v) is 5.13. The van der Waals surface area contributed by atoms with Crippen molar-refractivity contribution in [2.75, 3.05) is 18.9 Å². The molecule has 2 unspecified atom stereocenters. The van der Waals surface area contributed by atoms with E-state index in [1.165, 1.54) is 12.1 Å². The van der Waals surface area contributed by atoms with Crippen molar-refractivity contribution < 1.29 is 22.7 Å². The first-order valence-electron chi connectivity index (χ1n) is 12.5. The van der Waals surface area contributed by atoms with Gasteiger partial charge in [0, 0.05) is 32.2 Å². The van der Waals surface area contributed by atoms with Crippen LogP contribution in [0.2, 0.25) is 0 Å². The Morgan fingerprint density at radius 1 is 1.13 bits per heavy atom. The third kappa shape index (κ3) is 5.29. The predicted molar refractivity (Wildman–Crippen MR) is 138 cm³/mol. The van der Waals surface area contributed by atoms with Gasteiger partial charge >= 0.3 is 12.3 Å². The topological polar surface area (TPSA) is 96.0 Å². The number of benzene rings is 2. The van der Waals surface area contributed by atoms with Gasteiger partial charge in [0.15, 0.2) is 0 Å². The summed E-state index contributed by atoms with van der Waals surface area (Å²) in [4.78, 5) is 31.8. The average Bonchev–Trinajstić information content (AvgIpc) is 3.51. The lowest BCUT2D eigenvalue weighted by Crippen LogP contribution is -2.55. The van der Waals surface area contributed by atoms with Crippen LogP contribution in [-0.2, 0) is 23.1 Å². The van der Waals surface area contributed by atoms with Crippen LogP contribution in [0.4, 0.5) is 23.9 Å². The molecular formula is C28H27F3N6O2. The number of halogens is 3. The highest BCUT2D eigenvalue weighted by atomic mass is 19.4. The molecule has 202 valence electrons. The number of aromatic nitrogens is 4. The van der Waals surface area contributed by atoms with E-state index in [0.29, 0.717) is 29.5 Å². The monoisotopic (exact) mass is 536 g/mol. The predicted octanol–water partition coefficient (Wildman–Crippen LogP) is 5.72. The van der Waals surface area contributed by atoms with Crippen molar-refractivity contribution in [3.05, 3.63) is 107 Å². The second kappa shape index (κ2) is 10.8. The van der Waals surface area contributed by atoms with Gasteiger partial charge < -0.3 is 15.0 Å². The number of amides is 1. The molecule has 39 heavy (non-hydrogen) atoms. The quantitative estimate of drug-likeness (QED) is 0.327. The Hall–Kier alpha value is -4.41. The molecule has 1 amide bonds. The van der Waals surface area contributed by atoms with Gasteiger partial charge in [-0.1, -0.05) is 48.5 Å². The van der Waals surface area contributed by atoms with Crippen molar-refractivity contribution >= 4 is 12.0 Å². The van der Waals surface area contributed by atoms with E-state index in [1.54, 1.807) is 42.7 Å². The third-order valence-electron chi connectivity index (χ3n) is 7.01. The summed E-state index contributed by atoms with van der Waals surface area (Å²) >= 11 is 0. The highest BCUT2D eigenvalue weighted by molar-refractivity contribution is 5.70. The van der Waals surface area contributed by atoms with Gasteiger partial charge in [0.2, 0.25) is 5.95 Å². The number of carbonyl (C=O) groups excluding carboxylic acids is 1. The van der Waals surface area contributed by atoms with E-state index in [9.17, 15) is 18.0 Å². The molecule has 1 saturated heterocycles.